The monoisotopic (exact) mass is 423 g/mol. The van der Waals surface area contributed by atoms with E-state index in [9.17, 15) is 13.2 Å². The Labute approximate surface area is 169 Å². The van der Waals surface area contributed by atoms with Crippen molar-refractivity contribution in [2.75, 3.05) is 31.1 Å². The molecule has 0 bridgehead atoms. The smallest absolute Gasteiger partial charge is 0.353 e. The Kier molecular flexibility index (Phi) is 5.37. The highest BCUT2D eigenvalue weighted by molar-refractivity contribution is 6.33. The molecule has 3 heterocycles. The summed E-state index contributed by atoms with van der Waals surface area (Å²) in [7, 11) is 0. The van der Waals surface area contributed by atoms with Gasteiger partial charge in [0.2, 0.25) is 0 Å². The minimum absolute atomic E-state index is 0.00120. The van der Waals surface area contributed by atoms with Crippen LogP contribution in [0.25, 0.3) is 5.69 Å². The molecule has 0 saturated carbocycles. The Bertz CT molecular complexity index is 969. The van der Waals surface area contributed by atoms with E-state index in [1.165, 1.54) is 0 Å². The van der Waals surface area contributed by atoms with Gasteiger partial charge in [0.1, 0.15) is 5.82 Å². The van der Waals surface area contributed by atoms with Gasteiger partial charge in [0.05, 0.1) is 22.8 Å². The van der Waals surface area contributed by atoms with E-state index in [2.05, 4.69) is 25.4 Å². The first-order chi connectivity index (χ1) is 13.9. The molecule has 0 unspecified atom stereocenters. The Morgan fingerprint density at radius 3 is 2.41 bits per heavy atom. The average Bonchev–Trinajstić information content (AvgIpc) is 3.17. The van der Waals surface area contributed by atoms with Gasteiger partial charge in [0.25, 0.3) is 0 Å². The molecule has 4 rings (SSSR count). The number of para-hydroxylation sites is 1. The summed E-state index contributed by atoms with van der Waals surface area (Å²) in [6.07, 6.45) is -3.64. The Morgan fingerprint density at radius 2 is 1.76 bits per heavy atom. The summed E-state index contributed by atoms with van der Waals surface area (Å²) in [4.78, 5) is 8.01. The van der Waals surface area contributed by atoms with Crippen molar-refractivity contribution in [1.82, 2.24) is 30.1 Å². The number of benzene rings is 1. The van der Waals surface area contributed by atoms with Crippen molar-refractivity contribution < 1.29 is 13.2 Å². The van der Waals surface area contributed by atoms with Crippen LogP contribution in [0.2, 0.25) is 5.02 Å². The van der Waals surface area contributed by atoms with Crippen LogP contribution in [0.3, 0.4) is 0 Å². The predicted octanol–water partition coefficient (Wildman–Crippen LogP) is 3.05. The van der Waals surface area contributed by atoms with Crippen LogP contribution < -0.4 is 4.90 Å². The number of rotatable bonds is 4. The third-order valence-electron chi connectivity index (χ3n) is 4.72. The highest BCUT2D eigenvalue weighted by atomic mass is 35.5. The van der Waals surface area contributed by atoms with Crippen LogP contribution in [0, 0.1) is 0 Å². The van der Waals surface area contributed by atoms with Crippen molar-refractivity contribution in [2.24, 2.45) is 0 Å². The van der Waals surface area contributed by atoms with E-state index < -0.39 is 11.7 Å². The van der Waals surface area contributed by atoms with E-state index in [4.69, 9.17) is 11.6 Å². The lowest BCUT2D eigenvalue weighted by Gasteiger charge is -2.35. The number of alkyl halides is 3. The van der Waals surface area contributed by atoms with Crippen molar-refractivity contribution >= 4 is 17.4 Å². The van der Waals surface area contributed by atoms with E-state index in [0.717, 1.165) is 23.8 Å². The second-order valence-electron chi connectivity index (χ2n) is 6.63. The minimum atomic E-state index is -4.46. The molecule has 0 spiro atoms. The largest absolute Gasteiger partial charge is 0.417 e. The third kappa shape index (κ3) is 4.33. The number of tetrazole rings is 1. The highest BCUT2D eigenvalue weighted by Crippen LogP contribution is 2.33. The molecule has 0 atom stereocenters. The summed E-state index contributed by atoms with van der Waals surface area (Å²) in [5, 5.41) is 11.9. The Morgan fingerprint density at radius 1 is 1.03 bits per heavy atom. The van der Waals surface area contributed by atoms with E-state index in [1.807, 2.05) is 35.2 Å². The van der Waals surface area contributed by atoms with E-state index in [0.29, 0.717) is 38.5 Å². The molecule has 0 aliphatic carbocycles. The fourth-order valence-corrected chi connectivity index (χ4v) is 3.50. The summed E-state index contributed by atoms with van der Waals surface area (Å²) in [6.45, 7) is 3.10. The van der Waals surface area contributed by atoms with Gasteiger partial charge in [-0.3, -0.25) is 4.90 Å². The van der Waals surface area contributed by atoms with Gasteiger partial charge in [-0.15, -0.1) is 5.10 Å². The zero-order valence-electron chi connectivity index (χ0n) is 15.2. The molecular weight excluding hydrogens is 407 g/mol. The molecule has 29 heavy (non-hydrogen) atoms. The SMILES string of the molecule is FC(F)(F)c1cnc(N2CCN(Cc3nnnn3-c3ccccc3)CC2)c(Cl)c1. The number of aromatic nitrogens is 5. The topological polar surface area (TPSA) is 63.0 Å². The second kappa shape index (κ2) is 7.96. The van der Waals surface area contributed by atoms with Gasteiger partial charge in [-0.2, -0.15) is 17.9 Å². The molecule has 1 fully saturated rings. The molecule has 3 aromatic rings. The van der Waals surface area contributed by atoms with Crippen molar-refractivity contribution in [3.8, 4) is 5.69 Å². The van der Waals surface area contributed by atoms with Crippen molar-refractivity contribution in [3.63, 3.8) is 0 Å². The van der Waals surface area contributed by atoms with Crippen LogP contribution in [0.5, 0.6) is 0 Å². The van der Waals surface area contributed by atoms with Crippen LogP contribution >= 0.6 is 11.6 Å². The van der Waals surface area contributed by atoms with Crippen LogP contribution in [-0.2, 0) is 12.7 Å². The first-order valence-electron chi connectivity index (χ1n) is 8.94. The summed E-state index contributed by atoms with van der Waals surface area (Å²) >= 11 is 6.06. The van der Waals surface area contributed by atoms with E-state index in [-0.39, 0.29) is 5.02 Å². The second-order valence-corrected chi connectivity index (χ2v) is 7.04. The number of hydrogen-bond donors (Lipinski definition) is 0. The molecule has 0 radical (unpaired) electrons. The van der Waals surface area contributed by atoms with Gasteiger partial charge < -0.3 is 4.90 Å². The maximum atomic E-state index is 12.8. The summed E-state index contributed by atoms with van der Waals surface area (Å²) in [5.41, 5.74) is 0.0320. The van der Waals surface area contributed by atoms with Crippen molar-refractivity contribution in [1.29, 1.82) is 0 Å². The third-order valence-corrected chi connectivity index (χ3v) is 5.00. The van der Waals surface area contributed by atoms with Crippen molar-refractivity contribution in [2.45, 2.75) is 12.7 Å². The van der Waals surface area contributed by atoms with Crippen LogP contribution in [0.1, 0.15) is 11.4 Å². The first-order valence-corrected chi connectivity index (χ1v) is 9.32. The lowest BCUT2D eigenvalue weighted by molar-refractivity contribution is -0.137. The molecule has 0 N–H and O–H groups in total. The van der Waals surface area contributed by atoms with Gasteiger partial charge in [-0.1, -0.05) is 29.8 Å². The molecule has 1 aliphatic heterocycles. The molecule has 7 nitrogen and oxygen atoms in total. The highest BCUT2D eigenvalue weighted by Gasteiger charge is 2.32. The summed E-state index contributed by atoms with van der Waals surface area (Å²) in [6, 6.07) is 10.5. The fourth-order valence-electron chi connectivity index (χ4n) is 3.21. The molecule has 1 aliphatic rings. The maximum absolute atomic E-state index is 12.8. The average molecular weight is 424 g/mol. The number of pyridine rings is 1. The van der Waals surface area contributed by atoms with E-state index >= 15 is 0 Å². The minimum Gasteiger partial charge on any atom is -0.353 e. The standard InChI is InChI=1S/C18H17ClF3N7/c19-15-10-13(18(20,21)22)11-23-17(15)28-8-6-27(7-9-28)12-16-24-25-26-29(16)14-4-2-1-3-5-14/h1-5,10-11H,6-9,12H2. The van der Waals surface area contributed by atoms with Crippen LogP contribution in [0.4, 0.5) is 19.0 Å². The molecule has 152 valence electrons. The van der Waals surface area contributed by atoms with Crippen LogP contribution in [0.15, 0.2) is 42.6 Å². The Hall–Kier alpha value is -2.72. The summed E-state index contributed by atoms with van der Waals surface area (Å²) in [5.74, 6) is 1.09. The summed E-state index contributed by atoms with van der Waals surface area (Å²) < 4.78 is 40.1. The van der Waals surface area contributed by atoms with E-state index in [1.54, 1.807) is 4.68 Å². The number of nitrogens with zero attached hydrogens (tertiary/aromatic N) is 7. The zero-order chi connectivity index (χ0) is 20.4. The quantitative estimate of drug-likeness (QED) is 0.642. The first kappa shape index (κ1) is 19.6. The number of hydrogen-bond acceptors (Lipinski definition) is 6. The van der Waals surface area contributed by atoms with Gasteiger partial charge in [0, 0.05) is 32.4 Å². The number of anilines is 1. The van der Waals surface area contributed by atoms with Crippen molar-refractivity contribution in [3.05, 3.63) is 59.0 Å². The van der Waals surface area contributed by atoms with Gasteiger partial charge >= 0.3 is 6.18 Å². The molecule has 2 aromatic heterocycles. The van der Waals surface area contributed by atoms with Gasteiger partial charge in [-0.05, 0) is 28.6 Å². The molecule has 1 aromatic carbocycles. The fraction of sp³-hybridized carbons (Fsp3) is 0.333. The number of piperazine rings is 1. The maximum Gasteiger partial charge on any atom is 0.417 e. The number of halogens is 4. The molecule has 1 saturated heterocycles. The van der Waals surface area contributed by atoms with Gasteiger partial charge in [0.15, 0.2) is 5.82 Å². The molecular formula is C18H17ClF3N7. The lowest BCUT2D eigenvalue weighted by atomic mass is 10.2. The Balaban J connectivity index is 1.40. The zero-order valence-corrected chi connectivity index (χ0v) is 16.0. The van der Waals surface area contributed by atoms with Crippen LogP contribution in [-0.4, -0.2) is 56.3 Å². The van der Waals surface area contributed by atoms with Gasteiger partial charge in [-0.25, -0.2) is 4.98 Å². The normalized spacial score (nSPS) is 15.7. The molecule has 0 amide bonds. The lowest BCUT2D eigenvalue weighted by Crippen LogP contribution is -2.46. The molecule has 11 heteroatoms. The predicted molar refractivity (Wildman–Crippen MR) is 101 cm³/mol.